The molecule has 1 saturated carbocycles. The number of carbonyl (C=O) groups excluding carboxylic acids is 1. The third-order valence-corrected chi connectivity index (χ3v) is 3.94. The van der Waals surface area contributed by atoms with Crippen molar-refractivity contribution < 1.29 is 14.7 Å². The van der Waals surface area contributed by atoms with Gasteiger partial charge in [-0.1, -0.05) is 33.6 Å². The van der Waals surface area contributed by atoms with Gasteiger partial charge in [0.2, 0.25) is 5.91 Å². The topological polar surface area (TPSA) is 66.4 Å². The molecular formula is C15H27NO3. The summed E-state index contributed by atoms with van der Waals surface area (Å²) >= 11 is 0. The van der Waals surface area contributed by atoms with E-state index in [1.165, 1.54) is 0 Å². The summed E-state index contributed by atoms with van der Waals surface area (Å²) < 4.78 is 0. The summed E-state index contributed by atoms with van der Waals surface area (Å²) in [6.45, 7) is 7.28. The van der Waals surface area contributed by atoms with Gasteiger partial charge in [0.15, 0.2) is 0 Å². The van der Waals surface area contributed by atoms with Crippen LogP contribution in [0.1, 0.15) is 65.7 Å². The number of amides is 1. The Morgan fingerprint density at radius 1 is 1.21 bits per heavy atom. The molecule has 4 nitrogen and oxygen atoms in total. The van der Waals surface area contributed by atoms with E-state index in [0.717, 1.165) is 25.7 Å². The van der Waals surface area contributed by atoms with Gasteiger partial charge in [-0.3, -0.25) is 9.59 Å². The van der Waals surface area contributed by atoms with Crippen molar-refractivity contribution in [3.8, 4) is 0 Å². The second kappa shape index (κ2) is 6.40. The first-order valence-electron chi connectivity index (χ1n) is 7.25. The molecule has 0 heterocycles. The molecule has 110 valence electrons. The number of hydrogen-bond acceptors (Lipinski definition) is 2. The lowest BCUT2D eigenvalue weighted by Crippen LogP contribution is -2.42. The number of carbonyl (C=O) groups is 2. The van der Waals surface area contributed by atoms with E-state index in [1.54, 1.807) is 0 Å². The molecule has 1 fully saturated rings. The van der Waals surface area contributed by atoms with Crippen LogP contribution in [0.3, 0.4) is 0 Å². The van der Waals surface area contributed by atoms with Crippen molar-refractivity contribution in [2.45, 2.75) is 65.7 Å². The molecular weight excluding hydrogens is 242 g/mol. The van der Waals surface area contributed by atoms with E-state index in [0.29, 0.717) is 24.8 Å². The summed E-state index contributed by atoms with van der Waals surface area (Å²) in [6.07, 6.45) is 5.53. The second-order valence-corrected chi connectivity index (χ2v) is 6.98. The highest BCUT2D eigenvalue weighted by atomic mass is 16.4. The zero-order valence-electron chi connectivity index (χ0n) is 12.4. The number of carboxylic acids is 1. The van der Waals surface area contributed by atoms with Crippen LogP contribution < -0.4 is 5.32 Å². The normalized spacial score (nSPS) is 17.6. The maximum atomic E-state index is 11.7. The van der Waals surface area contributed by atoms with Gasteiger partial charge < -0.3 is 10.4 Å². The van der Waals surface area contributed by atoms with E-state index >= 15 is 0 Å². The van der Waals surface area contributed by atoms with Gasteiger partial charge in [0.25, 0.3) is 0 Å². The van der Waals surface area contributed by atoms with Crippen molar-refractivity contribution in [3.63, 3.8) is 0 Å². The predicted octanol–water partition coefficient (Wildman–Crippen LogP) is 2.96. The molecule has 1 rings (SSSR count). The van der Waals surface area contributed by atoms with E-state index < -0.39 is 11.4 Å². The molecule has 1 aliphatic carbocycles. The van der Waals surface area contributed by atoms with Crippen LogP contribution in [0.15, 0.2) is 0 Å². The van der Waals surface area contributed by atoms with E-state index in [1.807, 2.05) is 0 Å². The summed E-state index contributed by atoms with van der Waals surface area (Å²) in [5.74, 6) is -0.931. The molecule has 0 aromatic rings. The molecule has 0 aromatic heterocycles. The molecule has 1 amide bonds. The summed E-state index contributed by atoms with van der Waals surface area (Å²) in [6, 6.07) is 0. The number of rotatable bonds is 7. The van der Waals surface area contributed by atoms with Gasteiger partial charge >= 0.3 is 5.97 Å². The van der Waals surface area contributed by atoms with E-state index in [9.17, 15) is 9.59 Å². The van der Waals surface area contributed by atoms with Crippen LogP contribution in [0.25, 0.3) is 0 Å². The Labute approximate surface area is 116 Å². The number of nitrogens with one attached hydrogen (secondary N) is 1. The molecule has 2 N–H and O–H groups in total. The molecule has 19 heavy (non-hydrogen) atoms. The van der Waals surface area contributed by atoms with Gasteiger partial charge in [-0.15, -0.1) is 0 Å². The number of aliphatic carboxylic acids is 1. The fourth-order valence-electron chi connectivity index (χ4n) is 2.45. The molecule has 0 atom stereocenters. The Kier molecular flexibility index (Phi) is 5.39. The molecule has 0 unspecified atom stereocenters. The molecule has 4 heteroatoms. The van der Waals surface area contributed by atoms with Crippen LogP contribution in [-0.4, -0.2) is 23.5 Å². The molecule has 1 aliphatic rings. The van der Waals surface area contributed by atoms with Crippen LogP contribution >= 0.6 is 0 Å². The lowest BCUT2D eigenvalue weighted by molar-refractivity contribution is -0.157. The summed E-state index contributed by atoms with van der Waals surface area (Å²) in [4.78, 5) is 22.9. The van der Waals surface area contributed by atoms with Crippen LogP contribution in [0.5, 0.6) is 0 Å². The average molecular weight is 269 g/mol. The second-order valence-electron chi connectivity index (χ2n) is 6.98. The van der Waals surface area contributed by atoms with Crippen molar-refractivity contribution in [1.82, 2.24) is 5.32 Å². The van der Waals surface area contributed by atoms with Crippen molar-refractivity contribution in [3.05, 3.63) is 0 Å². The van der Waals surface area contributed by atoms with Crippen LogP contribution in [-0.2, 0) is 9.59 Å². The summed E-state index contributed by atoms with van der Waals surface area (Å²) in [5.41, 5.74) is -0.432. The van der Waals surface area contributed by atoms with Gasteiger partial charge in [0.1, 0.15) is 0 Å². The predicted molar refractivity (Wildman–Crippen MR) is 74.9 cm³/mol. The minimum Gasteiger partial charge on any atom is -0.481 e. The van der Waals surface area contributed by atoms with E-state index in [4.69, 9.17) is 5.11 Å². The molecule has 0 radical (unpaired) electrons. The number of hydrogen-bond donors (Lipinski definition) is 2. The largest absolute Gasteiger partial charge is 0.481 e. The molecule has 0 spiro atoms. The first kappa shape index (κ1) is 16.0. The fraction of sp³-hybridized carbons (Fsp3) is 0.867. The third-order valence-electron chi connectivity index (χ3n) is 3.94. The van der Waals surface area contributed by atoms with E-state index in [2.05, 4.69) is 26.1 Å². The maximum Gasteiger partial charge on any atom is 0.310 e. The zero-order valence-corrected chi connectivity index (χ0v) is 12.4. The van der Waals surface area contributed by atoms with Gasteiger partial charge in [-0.05, 0) is 31.1 Å². The highest BCUT2D eigenvalue weighted by Gasteiger charge is 2.45. The molecule has 0 saturated heterocycles. The molecule has 0 aromatic carbocycles. The van der Waals surface area contributed by atoms with Crippen molar-refractivity contribution in [1.29, 1.82) is 0 Å². The highest BCUT2D eigenvalue weighted by molar-refractivity contribution is 5.85. The minimum atomic E-state index is -0.818. The summed E-state index contributed by atoms with van der Waals surface area (Å²) in [5, 5.41) is 12.0. The van der Waals surface area contributed by atoms with Crippen molar-refractivity contribution in [2.75, 3.05) is 6.54 Å². The Morgan fingerprint density at radius 3 is 2.26 bits per heavy atom. The smallest absolute Gasteiger partial charge is 0.310 e. The first-order valence-corrected chi connectivity index (χ1v) is 7.25. The van der Waals surface area contributed by atoms with Crippen molar-refractivity contribution in [2.24, 2.45) is 10.8 Å². The minimum absolute atomic E-state index is 0.113. The zero-order chi connectivity index (χ0) is 14.5. The van der Waals surface area contributed by atoms with Gasteiger partial charge in [-0.2, -0.15) is 0 Å². The quantitative estimate of drug-likeness (QED) is 0.698. The third kappa shape index (κ3) is 5.21. The van der Waals surface area contributed by atoms with Gasteiger partial charge in [0, 0.05) is 13.0 Å². The number of carboxylic acid groups (broad SMARTS) is 1. The Balaban J connectivity index is 2.16. The molecule has 0 bridgehead atoms. The monoisotopic (exact) mass is 269 g/mol. The van der Waals surface area contributed by atoms with Crippen LogP contribution in [0.4, 0.5) is 0 Å². The first-order chi connectivity index (χ1) is 8.75. The van der Waals surface area contributed by atoms with Gasteiger partial charge in [-0.25, -0.2) is 0 Å². The number of unbranched alkanes of at least 4 members (excludes halogenated alkanes) is 1. The van der Waals surface area contributed by atoms with Gasteiger partial charge in [0.05, 0.1) is 5.41 Å². The Morgan fingerprint density at radius 2 is 1.84 bits per heavy atom. The lowest BCUT2D eigenvalue weighted by atomic mass is 9.66. The lowest BCUT2D eigenvalue weighted by Gasteiger charge is -2.36. The van der Waals surface area contributed by atoms with Crippen LogP contribution in [0, 0.1) is 10.8 Å². The maximum absolute atomic E-state index is 11.7. The standard InChI is InChI=1S/C15H27NO3/c1-14(2,3)7-4-5-10-16-12(17)11-15(13(18)19)8-6-9-15/h4-11H2,1-3H3,(H,16,17)(H,18,19). The van der Waals surface area contributed by atoms with Crippen molar-refractivity contribution >= 4 is 11.9 Å². The highest BCUT2D eigenvalue weighted by Crippen LogP contribution is 2.44. The molecule has 0 aliphatic heterocycles. The Hall–Kier alpha value is -1.06. The SMILES string of the molecule is CC(C)(C)CCCCNC(=O)CC1(C(=O)O)CCC1. The average Bonchev–Trinajstić information content (AvgIpc) is 2.20. The Bertz CT molecular complexity index is 327. The van der Waals surface area contributed by atoms with Crippen LogP contribution in [0.2, 0.25) is 0 Å². The summed E-state index contributed by atoms with van der Waals surface area (Å²) in [7, 11) is 0. The fourth-order valence-corrected chi connectivity index (χ4v) is 2.45. The van der Waals surface area contributed by atoms with E-state index in [-0.39, 0.29) is 12.3 Å².